The second-order valence-corrected chi connectivity index (χ2v) is 7.73. The number of methoxy groups -OCH3 is 1. The lowest BCUT2D eigenvalue weighted by atomic mass is 10.0. The molecule has 0 spiro atoms. The van der Waals surface area contributed by atoms with Crippen LogP contribution in [0, 0.1) is 5.82 Å². The van der Waals surface area contributed by atoms with Crippen molar-refractivity contribution in [1.82, 2.24) is 9.78 Å². The summed E-state index contributed by atoms with van der Waals surface area (Å²) in [6.45, 7) is 2.73. The Morgan fingerprint density at radius 1 is 1.03 bits per heavy atom. The highest BCUT2D eigenvalue weighted by Crippen LogP contribution is 2.34. The summed E-state index contributed by atoms with van der Waals surface area (Å²) < 4.78 is 27.2. The second-order valence-electron chi connectivity index (χ2n) is 7.73. The molecule has 0 aliphatic carbocycles. The lowest BCUT2D eigenvalue weighted by Gasteiger charge is -2.11. The molecule has 0 saturated carbocycles. The number of carbonyl (C=O) groups is 1. The maximum atomic E-state index is 14.1. The first-order valence-electron chi connectivity index (χ1n) is 10.9. The summed E-state index contributed by atoms with van der Waals surface area (Å²) in [7, 11) is 1.61. The van der Waals surface area contributed by atoms with Gasteiger partial charge in [-0.2, -0.15) is 5.10 Å². The van der Waals surface area contributed by atoms with Gasteiger partial charge in [-0.05, 0) is 48.9 Å². The van der Waals surface area contributed by atoms with E-state index >= 15 is 0 Å². The van der Waals surface area contributed by atoms with Gasteiger partial charge in [0.25, 0.3) is 0 Å². The molecule has 6 nitrogen and oxygen atoms in total. The maximum Gasteiger partial charge on any atom is 0.307 e. The number of benzene rings is 3. The number of aromatic nitrogens is 2. The molecule has 1 aromatic heterocycles. The summed E-state index contributed by atoms with van der Waals surface area (Å²) in [5.41, 5.74) is 4.22. The molecular formula is C27H25FN2O4. The van der Waals surface area contributed by atoms with Crippen molar-refractivity contribution in [2.24, 2.45) is 0 Å². The van der Waals surface area contributed by atoms with Crippen molar-refractivity contribution < 1.29 is 23.8 Å². The van der Waals surface area contributed by atoms with E-state index in [1.807, 2.05) is 43.3 Å². The Balaban J connectivity index is 1.86. The number of ether oxygens (including phenoxy) is 2. The molecule has 0 bridgehead atoms. The summed E-state index contributed by atoms with van der Waals surface area (Å²) in [6, 6.07) is 21.1. The number of para-hydroxylation sites is 1. The summed E-state index contributed by atoms with van der Waals surface area (Å²) in [6.07, 6.45) is -0.113. The van der Waals surface area contributed by atoms with Gasteiger partial charge >= 0.3 is 5.97 Å². The third kappa shape index (κ3) is 5.09. The molecule has 0 radical (unpaired) electrons. The molecule has 0 fully saturated rings. The predicted octanol–water partition coefficient (Wildman–Crippen LogP) is 5.44. The standard InChI is InChI=1S/C27H25FN2O4/c1-3-34-26-12-11-18(14-27(31)32)13-22(26)23-16-24(19-8-6-9-21(28)15-19)30(29-23)17-20-7-4-5-10-25(20)33-2/h4-13,15-16H,3,14,17H2,1-2H3,(H,31,32). The van der Waals surface area contributed by atoms with Crippen molar-refractivity contribution in [2.45, 2.75) is 19.9 Å². The summed E-state index contributed by atoms with van der Waals surface area (Å²) in [4.78, 5) is 11.3. The number of nitrogens with zero attached hydrogens (tertiary/aromatic N) is 2. The minimum absolute atomic E-state index is 0.113. The molecule has 0 amide bonds. The monoisotopic (exact) mass is 460 g/mol. The van der Waals surface area contributed by atoms with Crippen LogP contribution in [-0.2, 0) is 17.8 Å². The Morgan fingerprint density at radius 3 is 2.59 bits per heavy atom. The fourth-order valence-corrected chi connectivity index (χ4v) is 3.89. The zero-order valence-electron chi connectivity index (χ0n) is 19.0. The number of aliphatic carboxylic acids is 1. The zero-order valence-corrected chi connectivity index (χ0v) is 19.0. The van der Waals surface area contributed by atoms with Crippen molar-refractivity contribution in [3.05, 3.63) is 89.7 Å². The van der Waals surface area contributed by atoms with Crippen LogP contribution in [0.5, 0.6) is 11.5 Å². The fraction of sp³-hybridized carbons (Fsp3) is 0.185. The highest BCUT2D eigenvalue weighted by Gasteiger charge is 2.18. The Bertz CT molecular complexity index is 1320. The molecule has 0 unspecified atom stereocenters. The molecule has 3 aromatic carbocycles. The van der Waals surface area contributed by atoms with Gasteiger partial charge in [0.15, 0.2) is 0 Å². The van der Waals surface area contributed by atoms with E-state index in [4.69, 9.17) is 14.6 Å². The molecular weight excluding hydrogens is 435 g/mol. The van der Waals surface area contributed by atoms with Crippen molar-refractivity contribution in [2.75, 3.05) is 13.7 Å². The topological polar surface area (TPSA) is 73.6 Å². The van der Waals surface area contributed by atoms with Gasteiger partial charge in [0.05, 0.1) is 38.1 Å². The number of hydrogen-bond acceptors (Lipinski definition) is 4. The fourth-order valence-electron chi connectivity index (χ4n) is 3.89. The van der Waals surface area contributed by atoms with Gasteiger partial charge in [-0.25, -0.2) is 4.39 Å². The van der Waals surface area contributed by atoms with Crippen molar-refractivity contribution >= 4 is 5.97 Å². The SMILES string of the molecule is CCOc1ccc(CC(=O)O)cc1-c1cc(-c2cccc(F)c2)n(Cc2ccccc2OC)n1. The van der Waals surface area contributed by atoms with Gasteiger partial charge in [0, 0.05) is 16.7 Å². The Morgan fingerprint density at radius 2 is 1.85 bits per heavy atom. The minimum atomic E-state index is -0.919. The Kier molecular flexibility index (Phi) is 6.92. The van der Waals surface area contributed by atoms with E-state index in [9.17, 15) is 14.3 Å². The molecule has 0 aliphatic rings. The molecule has 0 atom stereocenters. The van der Waals surface area contributed by atoms with Crippen LogP contribution in [0.15, 0.2) is 72.8 Å². The smallest absolute Gasteiger partial charge is 0.307 e. The minimum Gasteiger partial charge on any atom is -0.496 e. The first-order chi connectivity index (χ1) is 16.5. The molecule has 174 valence electrons. The molecule has 0 saturated heterocycles. The van der Waals surface area contributed by atoms with E-state index in [0.29, 0.717) is 47.0 Å². The van der Waals surface area contributed by atoms with Crippen LogP contribution in [-0.4, -0.2) is 34.6 Å². The normalized spacial score (nSPS) is 10.8. The van der Waals surface area contributed by atoms with Crippen molar-refractivity contribution in [3.63, 3.8) is 0 Å². The second kappa shape index (κ2) is 10.2. The first-order valence-corrected chi connectivity index (χ1v) is 10.9. The lowest BCUT2D eigenvalue weighted by Crippen LogP contribution is -2.06. The summed E-state index contributed by atoms with van der Waals surface area (Å²) in [5, 5.41) is 14.1. The van der Waals surface area contributed by atoms with E-state index < -0.39 is 5.97 Å². The van der Waals surface area contributed by atoms with Crippen LogP contribution < -0.4 is 9.47 Å². The number of halogens is 1. The lowest BCUT2D eigenvalue weighted by molar-refractivity contribution is -0.136. The summed E-state index contributed by atoms with van der Waals surface area (Å²) in [5.74, 6) is 0.0624. The van der Waals surface area contributed by atoms with Crippen LogP contribution in [0.25, 0.3) is 22.5 Å². The van der Waals surface area contributed by atoms with Gasteiger partial charge in [-0.15, -0.1) is 0 Å². The first kappa shape index (κ1) is 23.0. The van der Waals surface area contributed by atoms with Crippen LogP contribution in [0.3, 0.4) is 0 Å². The van der Waals surface area contributed by atoms with Crippen molar-refractivity contribution in [1.29, 1.82) is 0 Å². The van der Waals surface area contributed by atoms with Crippen molar-refractivity contribution in [3.8, 4) is 34.0 Å². The van der Waals surface area contributed by atoms with E-state index in [1.165, 1.54) is 12.1 Å². The molecule has 0 aliphatic heterocycles. The van der Waals surface area contributed by atoms with Gasteiger partial charge in [-0.1, -0.05) is 36.4 Å². The van der Waals surface area contributed by atoms with Gasteiger partial charge < -0.3 is 14.6 Å². The Hall–Kier alpha value is -4.13. The average Bonchev–Trinajstić information content (AvgIpc) is 3.24. The highest BCUT2D eigenvalue weighted by molar-refractivity contribution is 5.76. The zero-order chi connectivity index (χ0) is 24.1. The van der Waals surface area contributed by atoms with E-state index in [2.05, 4.69) is 0 Å². The van der Waals surface area contributed by atoms with Crippen LogP contribution >= 0.6 is 0 Å². The molecule has 7 heteroatoms. The number of hydrogen-bond donors (Lipinski definition) is 1. The molecule has 1 heterocycles. The van der Waals surface area contributed by atoms with Gasteiger partial charge in [0.2, 0.25) is 0 Å². The van der Waals surface area contributed by atoms with Gasteiger partial charge in [-0.3, -0.25) is 9.48 Å². The average molecular weight is 461 g/mol. The van der Waals surface area contributed by atoms with Crippen LogP contribution in [0.1, 0.15) is 18.1 Å². The molecule has 34 heavy (non-hydrogen) atoms. The molecule has 1 N–H and O–H groups in total. The largest absolute Gasteiger partial charge is 0.496 e. The Labute approximate surface area is 197 Å². The quantitative estimate of drug-likeness (QED) is 0.360. The molecule has 4 rings (SSSR count). The third-order valence-corrected chi connectivity index (χ3v) is 5.39. The third-order valence-electron chi connectivity index (χ3n) is 5.39. The number of carboxylic acids is 1. The predicted molar refractivity (Wildman–Crippen MR) is 128 cm³/mol. The van der Waals surface area contributed by atoms with Crippen LogP contribution in [0.4, 0.5) is 4.39 Å². The van der Waals surface area contributed by atoms with E-state index in [0.717, 1.165) is 11.3 Å². The number of carboxylic acid groups (broad SMARTS) is 1. The summed E-state index contributed by atoms with van der Waals surface area (Å²) >= 11 is 0. The highest BCUT2D eigenvalue weighted by atomic mass is 19.1. The van der Waals surface area contributed by atoms with Crippen LogP contribution in [0.2, 0.25) is 0 Å². The van der Waals surface area contributed by atoms with E-state index in [1.54, 1.807) is 36.1 Å². The number of rotatable bonds is 9. The van der Waals surface area contributed by atoms with Gasteiger partial charge in [0.1, 0.15) is 17.3 Å². The molecule has 4 aromatic rings. The maximum absolute atomic E-state index is 14.1. The van der Waals surface area contributed by atoms with E-state index in [-0.39, 0.29) is 12.2 Å².